The van der Waals surface area contributed by atoms with E-state index in [9.17, 15) is 0 Å². The van der Waals surface area contributed by atoms with Gasteiger partial charge in [-0.2, -0.15) is 15.0 Å². The van der Waals surface area contributed by atoms with Crippen LogP contribution in [-0.4, -0.2) is 20.5 Å². The first-order valence-corrected chi connectivity index (χ1v) is 6.74. The predicted molar refractivity (Wildman–Crippen MR) is 76.2 cm³/mol. The quantitative estimate of drug-likeness (QED) is 0.550. The van der Waals surface area contributed by atoms with E-state index >= 15 is 0 Å². The monoisotopic (exact) mass is 272 g/mol. The molecule has 0 saturated carbocycles. The number of hydrogen-bond donors (Lipinski definition) is 3. The van der Waals surface area contributed by atoms with Crippen LogP contribution >= 0.6 is 25.3 Å². The van der Waals surface area contributed by atoms with Crippen LogP contribution in [0.15, 0.2) is 10.3 Å². The molecule has 1 aromatic heterocycles. The SMILES string of the molecule is CCCCCC(C)(C)Nc1nc(S)nc(S)n1. The summed E-state index contributed by atoms with van der Waals surface area (Å²) in [7, 11) is 0. The highest BCUT2D eigenvalue weighted by atomic mass is 32.1. The molecule has 0 aliphatic heterocycles. The normalized spacial score (nSPS) is 11.6. The third-order valence-corrected chi connectivity index (χ3v) is 2.87. The Balaban J connectivity index is 2.62. The van der Waals surface area contributed by atoms with E-state index in [1.807, 2.05) is 0 Å². The third-order valence-electron chi connectivity index (χ3n) is 2.47. The van der Waals surface area contributed by atoms with Crippen molar-refractivity contribution in [3.05, 3.63) is 0 Å². The van der Waals surface area contributed by atoms with Crippen molar-refractivity contribution in [2.24, 2.45) is 0 Å². The van der Waals surface area contributed by atoms with Crippen LogP contribution in [0.25, 0.3) is 0 Å². The van der Waals surface area contributed by atoms with Crippen molar-refractivity contribution in [2.75, 3.05) is 5.32 Å². The minimum absolute atomic E-state index is 0.0308. The van der Waals surface area contributed by atoms with Crippen molar-refractivity contribution in [1.29, 1.82) is 0 Å². The van der Waals surface area contributed by atoms with Crippen molar-refractivity contribution in [1.82, 2.24) is 15.0 Å². The Morgan fingerprint density at radius 2 is 1.65 bits per heavy atom. The molecule has 0 spiro atoms. The molecule has 0 fully saturated rings. The van der Waals surface area contributed by atoms with Gasteiger partial charge in [-0.05, 0) is 20.3 Å². The Morgan fingerprint density at radius 1 is 1.06 bits per heavy atom. The second kappa shape index (κ2) is 6.44. The average Bonchev–Trinajstić information content (AvgIpc) is 2.14. The van der Waals surface area contributed by atoms with Gasteiger partial charge in [0, 0.05) is 5.54 Å². The van der Waals surface area contributed by atoms with E-state index in [-0.39, 0.29) is 5.54 Å². The molecule has 1 rings (SSSR count). The lowest BCUT2D eigenvalue weighted by molar-refractivity contribution is 0.478. The van der Waals surface area contributed by atoms with E-state index in [1.165, 1.54) is 19.3 Å². The molecule has 0 atom stereocenters. The summed E-state index contributed by atoms with van der Waals surface area (Å²) >= 11 is 8.22. The minimum atomic E-state index is -0.0308. The molecule has 0 saturated heterocycles. The van der Waals surface area contributed by atoms with Gasteiger partial charge in [0.1, 0.15) is 0 Å². The van der Waals surface area contributed by atoms with Crippen LogP contribution in [0, 0.1) is 0 Å². The summed E-state index contributed by atoms with van der Waals surface area (Å²) in [5.41, 5.74) is -0.0308. The molecule has 0 unspecified atom stereocenters. The molecule has 1 aromatic rings. The topological polar surface area (TPSA) is 50.7 Å². The standard InChI is InChI=1S/C11H20N4S2/c1-4-5-6-7-11(2,3)15-8-12-9(16)14-10(17)13-8/h4-7H2,1-3H3,(H3,12,13,14,15,16,17). The van der Waals surface area contributed by atoms with Gasteiger partial charge in [0.15, 0.2) is 10.3 Å². The molecular weight excluding hydrogens is 252 g/mol. The largest absolute Gasteiger partial charge is 0.349 e. The Kier molecular flexibility index (Phi) is 5.52. The van der Waals surface area contributed by atoms with E-state index in [1.54, 1.807) is 0 Å². The van der Waals surface area contributed by atoms with E-state index < -0.39 is 0 Å². The summed E-state index contributed by atoms with van der Waals surface area (Å²) < 4.78 is 0. The molecule has 4 nitrogen and oxygen atoms in total. The van der Waals surface area contributed by atoms with E-state index in [0.717, 1.165) is 6.42 Å². The predicted octanol–water partition coefficient (Wildman–Crippen LogP) is 3.22. The van der Waals surface area contributed by atoms with E-state index in [0.29, 0.717) is 16.3 Å². The summed E-state index contributed by atoms with van der Waals surface area (Å²) in [6.07, 6.45) is 4.75. The second-order valence-corrected chi connectivity index (χ2v) is 5.53. The molecule has 96 valence electrons. The zero-order chi connectivity index (χ0) is 12.9. The molecule has 0 aliphatic carbocycles. The lowest BCUT2D eigenvalue weighted by Gasteiger charge is -2.26. The fourth-order valence-corrected chi connectivity index (χ4v) is 2.05. The zero-order valence-corrected chi connectivity index (χ0v) is 12.4. The van der Waals surface area contributed by atoms with Crippen molar-refractivity contribution in [3.8, 4) is 0 Å². The van der Waals surface area contributed by atoms with Crippen LogP contribution in [0.5, 0.6) is 0 Å². The van der Waals surface area contributed by atoms with Gasteiger partial charge in [0.2, 0.25) is 5.95 Å². The molecule has 1 N–H and O–H groups in total. The van der Waals surface area contributed by atoms with Gasteiger partial charge >= 0.3 is 0 Å². The Hall–Kier alpha value is -0.490. The maximum atomic E-state index is 4.13. The van der Waals surface area contributed by atoms with Crippen molar-refractivity contribution >= 4 is 31.2 Å². The van der Waals surface area contributed by atoms with Crippen LogP contribution in [-0.2, 0) is 0 Å². The number of unbranched alkanes of at least 4 members (excludes halogenated alkanes) is 2. The first kappa shape index (κ1) is 14.6. The van der Waals surface area contributed by atoms with Gasteiger partial charge in [0.25, 0.3) is 0 Å². The van der Waals surface area contributed by atoms with Crippen LogP contribution < -0.4 is 5.32 Å². The first-order valence-electron chi connectivity index (χ1n) is 5.85. The van der Waals surface area contributed by atoms with Gasteiger partial charge in [-0.1, -0.05) is 26.2 Å². The van der Waals surface area contributed by atoms with E-state index in [4.69, 9.17) is 0 Å². The highest BCUT2D eigenvalue weighted by Crippen LogP contribution is 2.19. The summed E-state index contributed by atoms with van der Waals surface area (Å²) in [6, 6.07) is 0. The van der Waals surface area contributed by atoms with Crippen LogP contribution in [0.4, 0.5) is 5.95 Å². The van der Waals surface area contributed by atoms with Gasteiger partial charge in [0.05, 0.1) is 0 Å². The van der Waals surface area contributed by atoms with Crippen LogP contribution in [0.3, 0.4) is 0 Å². The fourth-order valence-electron chi connectivity index (χ4n) is 1.59. The first-order chi connectivity index (χ1) is 7.93. The van der Waals surface area contributed by atoms with Gasteiger partial charge in [-0.3, -0.25) is 0 Å². The molecule has 0 aromatic carbocycles. The highest BCUT2D eigenvalue weighted by molar-refractivity contribution is 7.80. The molecule has 0 bridgehead atoms. The summed E-state index contributed by atoms with van der Waals surface area (Å²) in [6.45, 7) is 6.48. The zero-order valence-electron chi connectivity index (χ0n) is 10.6. The molecule has 0 amide bonds. The fraction of sp³-hybridized carbons (Fsp3) is 0.727. The number of nitrogens with zero attached hydrogens (tertiary/aromatic N) is 3. The number of rotatable bonds is 6. The highest BCUT2D eigenvalue weighted by Gasteiger charge is 2.18. The second-order valence-electron chi connectivity index (χ2n) is 4.73. The molecule has 0 aliphatic rings. The number of nitrogens with one attached hydrogen (secondary N) is 1. The van der Waals surface area contributed by atoms with E-state index in [2.05, 4.69) is 66.3 Å². The lowest BCUT2D eigenvalue weighted by Crippen LogP contribution is -2.31. The van der Waals surface area contributed by atoms with Crippen LogP contribution in [0.1, 0.15) is 46.5 Å². The van der Waals surface area contributed by atoms with Crippen molar-refractivity contribution in [2.45, 2.75) is 62.3 Å². The molecule has 17 heavy (non-hydrogen) atoms. The molecule has 0 radical (unpaired) electrons. The smallest absolute Gasteiger partial charge is 0.228 e. The Labute approximate surface area is 114 Å². The van der Waals surface area contributed by atoms with Crippen LogP contribution in [0.2, 0.25) is 0 Å². The lowest BCUT2D eigenvalue weighted by atomic mass is 9.97. The maximum absolute atomic E-state index is 4.13. The van der Waals surface area contributed by atoms with Crippen molar-refractivity contribution in [3.63, 3.8) is 0 Å². The maximum Gasteiger partial charge on any atom is 0.228 e. The summed E-state index contributed by atoms with van der Waals surface area (Å²) in [4.78, 5) is 12.2. The summed E-state index contributed by atoms with van der Waals surface area (Å²) in [5, 5.41) is 4.07. The number of hydrogen-bond acceptors (Lipinski definition) is 6. The number of anilines is 1. The Bertz CT molecular complexity index is 348. The molecular formula is C11H20N4S2. The van der Waals surface area contributed by atoms with Gasteiger partial charge in [-0.25, -0.2) is 0 Å². The molecule has 6 heteroatoms. The van der Waals surface area contributed by atoms with Crippen molar-refractivity contribution < 1.29 is 0 Å². The number of aromatic nitrogens is 3. The summed E-state index contributed by atoms with van der Waals surface area (Å²) in [5.74, 6) is 0.538. The average molecular weight is 272 g/mol. The van der Waals surface area contributed by atoms with Gasteiger partial charge in [-0.15, -0.1) is 25.3 Å². The third kappa shape index (κ3) is 5.59. The molecule has 1 heterocycles. The number of thiol groups is 2. The minimum Gasteiger partial charge on any atom is -0.349 e. The van der Waals surface area contributed by atoms with Gasteiger partial charge < -0.3 is 5.32 Å². The Morgan fingerprint density at radius 3 is 2.18 bits per heavy atom.